The molecule has 0 atom stereocenters. The van der Waals surface area contributed by atoms with E-state index in [0.717, 1.165) is 11.3 Å². The number of carboxylic acids is 1. The molecule has 2 heterocycles. The lowest BCUT2D eigenvalue weighted by Crippen LogP contribution is -2.12. The number of H-pyrrole nitrogens is 1. The SMILES string of the molecule is Cc1c(C(=O)O)sc2c(NC(=O)c3cccc(Oc4ccccc4)c3)n[nH]c12. The molecule has 7 nitrogen and oxygen atoms in total. The van der Waals surface area contributed by atoms with Gasteiger partial charge < -0.3 is 15.2 Å². The zero-order chi connectivity index (χ0) is 19.7. The second-order valence-electron chi connectivity index (χ2n) is 6.03. The lowest BCUT2D eigenvalue weighted by Gasteiger charge is -2.07. The van der Waals surface area contributed by atoms with Crippen molar-refractivity contribution in [2.75, 3.05) is 5.32 Å². The minimum Gasteiger partial charge on any atom is -0.477 e. The van der Waals surface area contributed by atoms with Gasteiger partial charge in [0.15, 0.2) is 5.82 Å². The number of aromatic nitrogens is 2. The molecule has 8 heteroatoms. The molecule has 2 aromatic carbocycles. The summed E-state index contributed by atoms with van der Waals surface area (Å²) in [4.78, 5) is 24.2. The number of carbonyl (C=O) groups is 2. The molecule has 140 valence electrons. The second kappa shape index (κ2) is 7.16. The number of nitrogens with zero attached hydrogens (tertiary/aromatic N) is 1. The van der Waals surface area contributed by atoms with Gasteiger partial charge in [0.05, 0.1) is 10.2 Å². The summed E-state index contributed by atoms with van der Waals surface area (Å²) in [6, 6.07) is 16.1. The normalized spacial score (nSPS) is 10.8. The molecule has 0 aliphatic rings. The van der Waals surface area contributed by atoms with Crippen molar-refractivity contribution in [2.45, 2.75) is 6.92 Å². The topological polar surface area (TPSA) is 104 Å². The van der Waals surface area contributed by atoms with Crippen molar-refractivity contribution in [3.8, 4) is 11.5 Å². The van der Waals surface area contributed by atoms with E-state index in [4.69, 9.17) is 4.74 Å². The first kappa shape index (κ1) is 17.7. The molecular weight excluding hydrogens is 378 g/mol. The lowest BCUT2D eigenvalue weighted by atomic mass is 10.2. The third-order valence-corrected chi connectivity index (χ3v) is 5.43. The number of para-hydroxylation sites is 1. The summed E-state index contributed by atoms with van der Waals surface area (Å²) in [7, 11) is 0. The smallest absolute Gasteiger partial charge is 0.346 e. The van der Waals surface area contributed by atoms with Gasteiger partial charge in [-0.15, -0.1) is 11.3 Å². The zero-order valence-corrected chi connectivity index (χ0v) is 15.5. The molecule has 3 N–H and O–H groups in total. The van der Waals surface area contributed by atoms with Crippen LogP contribution in [0.5, 0.6) is 11.5 Å². The highest BCUT2D eigenvalue weighted by molar-refractivity contribution is 7.21. The summed E-state index contributed by atoms with van der Waals surface area (Å²) in [5.74, 6) is 0.135. The number of carbonyl (C=O) groups excluding carboxylic acids is 1. The number of rotatable bonds is 5. The number of hydrogen-bond acceptors (Lipinski definition) is 5. The number of aromatic amines is 1. The number of benzene rings is 2. The molecule has 0 unspecified atom stereocenters. The number of nitrogens with one attached hydrogen (secondary N) is 2. The van der Waals surface area contributed by atoms with E-state index in [0.29, 0.717) is 38.7 Å². The Kier molecular flexibility index (Phi) is 4.54. The van der Waals surface area contributed by atoms with Crippen LogP contribution in [0.4, 0.5) is 5.82 Å². The quantitative estimate of drug-likeness (QED) is 0.457. The summed E-state index contributed by atoms with van der Waals surface area (Å²) in [5, 5.41) is 18.9. The highest BCUT2D eigenvalue weighted by Crippen LogP contribution is 2.34. The van der Waals surface area contributed by atoms with E-state index in [9.17, 15) is 14.7 Å². The number of thiophene rings is 1. The zero-order valence-electron chi connectivity index (χ0n) is 14.7. The summed E-state index contributed by atoms with van der Waals surface area (Å²) in [6.07, 6.45) is 0. The van der Waals surface area contributed by atoms with E-state index in [1.54, 1.807) is 31.2 Å². The van der Waals surface area contributed by atoms with Crippen molar-refractivity contribution >= 4 is 39.2 Å². The minimum atomic E-state index is -1.00. The van der Waals surface area contributed by atoms with E-state index < -0.39 is 5.97 Å². The van der Waals surface area contributed by atoms with Gasteiger partial charge >= 0.3 is 5.97 Å². The van der Waals surface area contributed by atoms with Gasteiger partial charge in [0, 0.05) is 11.1 Å². The number of carboxylic acid groups (broad SMARTS) is 1. The fourth-order valence-corrected chi connectivity index (χ4v) is 3.81. The molecule has 28 heavy (non-hydrogen) atoms. The van der Waals surface area contributed by atoms with Crippen LogP contribution in [-0.4, -0.2) is 27.2 Å². The first-order chi connectivity index (χ1) is 13.5. The van der Waals surface area contributed by atoms with Gasteiger partial charge in [-0.05, 0) is 37.3 Å². The van der Waals surface area contributed by atoms with Crippen LogP contribution in [0.2, 0.25) is 0 Å². The van der Waals surface area contributed by atoms with Crippen molar-refractivity contribution < 1.29 is 19.4 Å². The van der Waals surface area contributed by atoms with Crippen LogP contribution in [0.25, 0.3) is 10.2 Å². The Balaban J connectivity index is 1.57. The van der Waals surface area contributed by atoms with Gasteiger partial charge in [0.1, 0.15) is 16.4 Å². The summed E-state index contributed by atoms with van der Waals surface area (Å²) in [6.45, 7) is 1.70. The monoisotopic (exact) mass is 393 g/mol. The number of fused-ring (bicyclic) bond motifs is 1. The molecule has 0 aliphatic carbocycles. The largest absolute Gasteiger partial charge is 0.477 e. The maximum absolute atomic E-state index is 12.7. The first-order valence-electron chi connectivity index (χ1n) is 8.38. The number of aromatic carboxylic acids is 1. The van der Waals surface area contributed by atoms with E-state index in [1.165, 1.54) is 0 Å². The molecule has 0 fully saturated rings. The molecule has 2 aromatic heterocycles. The number of aryl methyl sites for hydroxylation is 1. The minimum absolute atomic E-state index is 0.220. The van der Waals surface area contributed by atoms with E-state index in [-0.39, 0.29) is 10.8 Å². The third-order valence-electron chi connectivity index (χ3n) is 4.14. The second-order valence-corrected chi connectivity index (χ2v) is 7.06. The summed E-state index contributed by atoms with van der Waals surface area (Å²) in [5.41, 5.74) is 1.61. The molecular formula is C20H15N3O4S. The fourth-order valence-electron chi connectivity index (χ4n) is 2.77. The number of ether oxygens (including phenoxy) is 1. The van der Waals surface area contributed by atoms with Crippen molar-refractivity contribution in [3.05, 3.63) is 70.6 Å². The molecule has 4 aromatic rings. The van der Waals surface area contributed by atoms with Crippen LogP contribution in [0.3, 0.4) is 0 Å². The summed E-state index contributed by atoms with van der Waals surface area (Å²) < 4.78 is 6.35. The maximum atomic E-state index is 12.7. The van der Waals surface area contributed by atoms with Gasteiger partial charge in [-0.25, -0.2) is 4.79 Å². The Morgan fingerprint density at radius 3 is 2.61 bits per heavy atom. The average molecular weight is 393 g/mol. The Bertz CT molecular complexity index is 1180. The molecule has 0 bridgehead atoms. The molecule has 0 saturated carbocycles. The Hall–Kier alpha value is -3.65. The highest BCUT2D eigenvalue weighted by Gasteiger charge is 2.20. The maximum Gasteiger partial charge on any atom is 0.346 e. The van der Waals surface area contributed by atoms with Crippen molar-refractivity contribution in [3.63, 3.8) is 0 Å². The van der Waals surface area contributed by atoms with Crippen LogP contribution in [0.15, 0.2) is 54.6 Å². The molecule has 1 amide bonds. The highest BCUT2D eigenvalue weighted by atomic mass is 32.1. The van der Waals surface area contributed by atoms with Gasteiger partial charge in [-0.2, -0.15) is 5.10 Å². The fraction of sp³-hybridized carbons (Fsp3) is 0.0500. The van der Waals surface area contributed by atoms with Gasteiger partial charge in [0.25, 0.3) is 5.91 Å². The van der Waals surface area contributed by atoms with Gasteiger partial charge in [-0.1, -0.05) is 24.3 Å². The molecule has 0 saturated heterocycles. The van der Waals surface area contributed by atoms with E-state index in [2.05, 4.69) is 15.5 Å². The van der Waals surface area contributed by atoms with Gasteiger partial charge in [0.2, 0.25) is 0 Å². The summed E-state index contributed by atoms with van der Waals surface area (Å²) >= 11 is 1.07. The molecule has 0 aliphatic heterocycles. The van der Waals surface area contributed by atoms with Crippen LogP contribution in [-0.2, 0) is 0 Å². The number of hydrogen-bond donors (Lipinski definition) is 3. The predicted octanol–water partition coefficient (Wildman–Crippen LogP) is 4.68. The van der Waals surface area contributed by atoms with Crippen molar-refractivity contribution in [1.29, 1.82) is 0 Å². The average Bonchev–Trinajstić information content (AvgIpc) is 3.23. The van der Waals surface area contributed by atoms with Crippen LogP contribution in [0, 0.1) is 6.92 Å². The molecule has 0 radical (unpaired) electrons. The predicted molar refractivity (Wildman–Crippen MR) is 107 cm³/mol. The molecule has 0 spiro atoms. The standard InChI is InChI=1S/C20H15N3O4S/c1-11-15-17(28-16(11)20(25)26)18(23-22-15)21-19(24)12-6-5-9-14(10-12)27-13-7-3-2-4-8-13/h2-10H,1H3,(H,25,26)(H2,21,22,23,24). The van der Waals surface area contributed by atoms with Crippen LogP contribution in [0.1, 0.15) is 25.6 Å². The van der Waals surface area contributed by atoms with Crippen molar-refractivity contribution in [2.24, 2.45) is 0 Å². The third kappa shape index (κ3) is 3.33. The van der Waals surface area contributed by atoms with Crippen LogP contribution < -0.4 is 10.1 Å². The lowest BCUT2D eigenvalue weighted by molar-refractivity contribution is 0.0701. The van der Waals surface area contributed by atoms with Crippen molar-refractivity contribution in [1.82, 2.24) is 10.2 Å². The van der Waals surface area contributed by atoms with E-state index in [1.807, 2.05) is 30.3 Å². The molecule has 4 rings (SSSR count). The first-order valence-corrected chi connectivity index (χ1v) is 9.19. The Labute approximate surface area is 163 Å². The van der Waals surface area contributed by atoms with Crippen LogP contribution >= 0.6 is 11.3 Å². The number of anilines is 1. The van der Waals surface area contributed by atoms with Gasteiger partial charge in [-0.3, -0.25) is 9.89 Å². The van der Waals surface area contributed by atoms with E-state index >= 15 is 0 Å². The Morgan fingerprint density at radius 1 is 1.11 bits per heavy atom. The number of amides is 1. The Morgan fingerprint density at radius 2 is 1.86 bits per heavy atom.